The summed E-state index contributed by atoms with van der Waals surface area (Å²) in [6, 6.07) is 0. The first-order chi connectivity index (χ1) is 4.77. The molecule has 5 nitrogen and oxygen atoms in total. The topological polar surface area (TPSA) is 92.4 Å². The van der Waals surface area contributed by atoms with Crippen LogP contribution in [0.15, 0.2) is 0 Å². The second-order valence-corrected chi connectivity index (χ2v) is 4.10. The standard InChI is InChI=1S/C5H14N2O3S/c1-3-5(2,8)4-7-11(6,9)10/h7-8H,3-4H2,1-2H3,(H2,6,9,10). The van der Waals surface area contributed by atoms with Crippen LogP contribution in [0.2, 0.25) is 0 Å². The van der Waals surface area contributed by atoms with Gasteiger partial charge in [-0.15, -0.1) is 0 Å². The zero-order valence-corrected chi connectivity index (χ0v) is 7.48. The highest BCUT2D eigenvalue weighted by Gasteiger charge is 2.18. The summed E-state index contributed by atoms with van der Waals surface area (Å²) in [4.78, 5) is 0. The van der Waals surface area contributed by atoms with Crippen molar-refractivity contribution < 1.29 is 13.5 Å². The molecule has 6 heteroatoms. The highest BCUT2D eigenvalue weighted by atomic mass is 32.2. The van der Waals surface area contributed by atoms with Gasteiger partial charge in [0.1, 0.15) is 0 Å². The number of nitrogens with two attached hydrogens (primary N) is 1. The molecule has 4 N–H and O–H groups in total. The summed E-state index contributed by atoms with van der Waals surface area (Å²) in [5.41, 5.74) is -1.02. The van der Waals surface area contributed by atoms with Gasteiger partial charge in [0.05, 0.1) is 5.60 Å². The zero-order chi connectivity index (χ0) is 9.12. The first-order valence-electron chi connectivity index (χ1n) is 3.26. The molecular formula is C5H14N2O3S. The van der Waals surface area contributed by atoms with Crippen LogP contribution in [0.1, 0.15) is 20.3 Å². The molecule has 0 aliphatic carbocycles. The quantitative estimate of drug-likeness (QED) is 0.517. The minimum Gasteiger partial charge on any atom is -0.389 e. The predicted octanol–water partition coefficient (Wildman–Crippen LogP) is -1.06. The van der Waals surface area contributed by atoms with E-state index in [-0.39, 0.29) is 6.54 Å². The third kappa shape index (κ3) is 6.24. The molecule has 0 radical (unpaired) electrons. The van der Waals surface area contributed by atoms with Gasteiger partial charge in [-0.1, -0.05) is 6.92 Å². The van der Waals surface area contributed by atoms with Gasteiger partial charge in [0.2, 0.25) is 0 Å². The maximum absolute atomic E-state index is 10.3. The Bertz CT molecular complexity index is 210. The summed E-state index contributed by atoms with van der Waals surface area (Å²) in [5, 5.41) is 14.0. The van der Waals surface area contributed by atoms with Gasteiger partial charge in [-0.05, 0) is 13.3 Å². The molecule has 0 heterocycles. The average Bonchev–Trinajstić information content (AvgIpc) is 1.83. The first-order valence-corrected chi connectivity index (χ1v) is 4.81. The van der Waals surface area contributed by atoms with Crippen molar-refractivity contribution in [1.82, 2.24) is 4.72 Å². The highest BCUT2D eigenvalue weighted by molar-refractivity contribution is 7.87. The molecule has 0 rings (SSSR count). The average molecular weight is 182 g/mol. The van der Waals surface area contributed by atoms with Crippen LogP contribution in [0.3, 0.4) is 0 Å². The number of rotatable bonds is 4. The molecule has 0 aromatic rings. The Morgan fingerprint density at radius 3 is 2.36 bits per heavy atom. The van der Waals surface area contributed by atoms with Crippen molar-refractivity contribution >= 4 is 10.2 Å². The van der Waals surface area contributed by atoms with Gasteiger partial charge in [-0.3, -0.25) is 0 Å². The Morgan fingerprint density at radius 2 is 2.09 bits per heavy atom. The van der Waals surface area contributed by atoms with Gasteiger partial charge in [0, 0.05) is 6.54 Å². The molecule has 0 aromatic carbocycles. The summed E-state index contributed by atoms with van der Waals surface area (Å²) in [6.45, 7) is 3.23. The Labute approximate surface area is 66.8 Å². The molecule has 0 saturated heterocycles. The second-order valence-electron chi connectivity index (χ2n) is 2.72. The summed E-state index contributed by atoms with van der Waals surface area (Å²) >= 11 is 0. The maximum Gasteiger partial charge on any atom is 0.274 e. The summed E-state index contributed by atoms with van der Waals surface area (Å²) in [7, 11) is -3.68. The zero-order valence-electron chi connectivity index (χ0n) is 6.66. The van der Waals surface area contributed by atoms with Crippen LogP contribution in [-0.2, 0) is 10.2 Å². The van der Waals surface area contributed by atoms with E-state index in [1.807, 2.05) is 4.72 Å². The van der Waals surface area contributed by atoms with Crippen molar-refractivity contribution in [2.75, 3.05) is 6.54 Å². The van der Waals surface area contributed by atoms with Crippen molar-refractivity contribution in [1.29, 1.82) is 0 Å². The SMILES string of the molecule is CCC(C)(O)CNS(N)(=O)=O. The normalized spacial score (nSPS) is 17.8. The molecule has 0 amide bonds. The molecule has 0 aliphatic rings. The van der Waals surface area contributed by atoms with Crippen LogP contribution in [0, 0.1) is 0 Å². The van der Waals surface area contributed by atoms with Crippen LogP contribution >= 0.6 is 0 Å². The summed E-state index contributed by atoms with van der Waals surface area (Å²) in [5.74, 6) is 0. The van der Waals surface area contributed by atoms with E-state index in [9.17, 15) is 13.5 Å². The van der Waals surface area contributed by atoms with Crippen molar-refractivity contribution in [3.8, 4) is 0 Å². The molecular weight excluding hydrogens is 168 g/mol. The molecule has 0 fully saturated rings. The minimum atomic E-state index is -3.68. The molecule has 68 valence electrons. The van der Waals surface area contributed by atoms with Gasteiger partial charge in [-0.2, -0.15) is 13.1 Å². The third-order valence-corrected chi connectivity index (χ3v) is 1.96. The van der Waals surface area contributed by atoms with E-state index in [1.165, 1.54) is 6.92 Å². The van der Waals surface area contributed by atoms with E-state index in [0.717, 1.165) is 0 Å². The molecule has 0 bridgehead atoms. The maximum atomic E-state index is 10.3. The summed E-state index contributed by atoms with van der Waals surface area (Å²) < 4.78 is 22.7. The minimum absolute atomic E-state index is 0.0532. The van der Waals surface area contributed by atoms with Crippen LogP contribution in [0.25, 0.3) is 0 Å². The Hall–Kier alpha value is -0.170. The largest absolute Gasteiger partial charge is 0.389 e. The predicted molar refractivity (Wildman–Crippen MR) is 42.0 cm³/mol. The van der Waals surface area contributed by atoms with Crippen molar-refractivity contribution in [3.63, 3.8) is 0 Å². The van der Waals surface area contributed by atoms with Gasteiger partial charge in [0.25, 0.3) is 10.2 Å². The Kier molecular flexibility index (Phi) is 3.43. The van der Waals surface area contributed by atoms with E-state index in [1.54, 1.807) is 6.92 Å². The molecule has 1 unspecified atom stereocenters. The number of hydrogen-bond donors (Lipinski definition) is 3. The van der Waals surface area contributed by atoms with E-state index in [2.05, 4.69) is 5.14 Å². The van der Waals surface area contributed by atoms with Crippen LogP contribution < -0.4 is 9.86 Å². The lowest BCUT2D eigenvalue weighted by Crippen LogP contribution is -2.42. The van der Waals surface area contributed by atoms with Crippen LogP contribution in [0.4, 0.5) is 0 Å². The second kappa shape index (κ2) is 3.48. The van der Waals surface area contributed by atoms with Gasteiger partial charge < -0.3 is 5.11 Å². The molecule has 11 heavy (non-hydrogen) atoms. The Balaban J connectivity index is 3.90. The molecule has 0 spiro atoms. The lowest BCUT2D eigenvalue weighted by atomic mass is 10.1. The first kappa shape index (κ1) is 10.8. The smallest absolute Gasteiger partial charge is 0.274 e. The number of nitrogens with one attached hydrogen (secondary N) is 1. The lowest BCUT2D eigenvalue weighted by Gasteiger charge is -2.20. The van der Waals surface area contributed by atoms with E-state index >= 15 is 0 Å². The Morgan fingerprint density at radius 1 is 1.64 bits per heavy atom. The van der Waals surface area contributed by atoms with Gasteiger partial charge >= 0.3 is 0 Å². The van der Waals surface area contributed by atoms with Crippen LogP contribution in [-0.4, -0.2) is 25.7 Å². The fraction of sp³-hybridized carbons (Fsp3) is 1.00. The molecule has 0 aromatic heterocycles. The van der Waals surface area contributed by atoms with E-state index in [4.69, 9.17) is 0 Å². The van der Waals surface area contributed by atoms with Crippen LogP contribution in [0.5, 0.6) is 0 Å². The van der Waals surface area contributed by atoms with Crippen molar-refractivity contribution in [2.45, 2.75) is 25.9 Å². The van der Waals surface area contributed by atoms with Crippen molar-refractivity contribution in [2.24, 2.45) is 5.14 Å². The highest BCUT2D eigenvalue weighted by Crippen LogP contribution is 2.05. The van der Waals surface area contributed by atoms with Gasteiger partial charge in [0.15, 0.2) is 0 Å². The lowest BCUT2D eigenvalue weighted by molar-refractivity contribution is 0.0613. The number of aliphatic hydroxyl groups is 1. The molecule has 0 saturated carbocycles. The van der Waals surface area contributed by atoms with Gasteiger partial charge in [-0.25, -0.2) is 5.14 Å². The van der Waals surface area contributed by atoms with E-state index < -0.39 is 15.8 Å². The monoisotopic (exact) mass is 182 g/mol. The molecule has 1 atom stereocenters. The van der Waals surface area contributed by atoms with Crippen molar-refractivity contribution in [3.05, 3.63) is 0 Å². The summed E-state index contributed by atoms with van der Waals surface area (Å²) in [6.07, 6.45) is 0.468. The number of hydrogen-bond acceptors (Lipinski definition) is 3. The fourth-order valence-electron chi connectivity index (χ4n) is 0.381. The molecule has 0 aliphatic heterocycles. The van der Waals surface area contributed by atoms with E-state index in [0.29, 0.717) is 6.42 Å². The third-order valence-electron chi connectivity index (χ3n) is 1.42. The fourth-order valence-corrected chi connectivity index (χ4v) is 0.893.